The van der Waals surface area contributed by atoms with Gasteiger partial charge in [-0.15, -0.1) is 0 Å². The van der Waals surface area contributed by atoms with Gasteiger partial charge in [-0.05, 0) is 55.7 Å². The largest absolute Gasteiger partial charge is 0.451 e. The molecule has 1 aromatic heterocycles. The van der Waals surface area contributed by atoms with Gasteiger partial charge in [-0.2, -0.15) is 0 Å². The van der Waals surface area contributed by atoms with Crippen LogP contribution in [0.1, 0.15) is 34.5 Å². The Morgan fingerprint density at radius 1 is 1.17 bits per heavy atom. The number of hydrogen-bond donors (Lipinski definition) is 0. The Balaban J connectivity index is 1.63. The van der Waals surface area contributed by atoms with Crippen LogP contribution >= 0.6 is 0 Å². The zero-order chi connectivity index (χ0) is 21.3. The summed E-state index contributed by atoms with van der Waals surface area (Å²) in [5.74, 6) is -0.280. The molecule has 0 radical (unpaired) electrons. The third kappa shape index (κ3) is 4.19. The molecule has 0 saturated carbocycles. The summed E-state index contributed by atoms with van der Waals surface area (Å²) in [6.07, 6.45) is 1.97. The molecule has 5 nitrogen and oxygen atoms in total. The highest BCUT2D eigenvalue weighted by atomic mass is 19.1. The van der Waals surface area contributed by atoms with Gasteiger partial charge in [0, 0.05) is 50.4 Å². The standard InChI is InChI=1S/C24H27FN2O3/c1-16-21-13-18(25)8-11-22(21)30-23(16)24(28)27(15-20-5-4-12-29-20)14-17-6-9-19(10-7-17)26(2)3/h6-11,13,20H,4-5,12,14-15H2,1-3H3/t20-/m1/s1. The summed E-state index contributed by atoms with van der Waals surface area (Å²) >= 11 is 0. The summed E-state index contributed by atoms with van der Waals surface area (Å²) in [7, 11) is 3.99. The second kappa shape index (κ2) is 8.48. The molecular weight excluding hydrogens is 383 g/mol. The van der Waals surface area contributed by atoms with E-state index in [1.165, 1.54) is 12.1 Å². The van der Waals surface area contributed by atoms with Crippen LogP contribution < -0.4 is 4.90 Å². The number of carbonyl (C=O) groups excluding carboxylic acids is 1. The van der Waals surface area contributed by atoms with Gasteiger partial charge in [-0.25, -0.2) is 4.39 Å². The summed E-state index contributed by atoms with van der Waals surface area (Å²) < 4.78 is 25.3. The van der Waals surface area contributed by atoms with Crippen LogP contribution in [0.5, 0.6) is 0 Å². The summed E-state index contributed by atoms with van der Waals surface area (Å²) in [5.41, 5.74) is 3.32. The minimum Gasteiger partial charge on any atom is -0.451 e. The van der Waals surface area contributed by atoms with Crippen LogP contribution in [0, 0.1) is 12.7 Å². The van der Waals surface area contributed by atoms with E-state index in [4.69, 9.17) is 9.15 Å². The zero-order valence-electron chi connectivity index (χ0n) is 17.7. The maximum atomic E-state index is 13.7. The molecule has 0 spiro atoms. The lowest BCUT2D eigenvalue weighted by atomic mass is 10.1. The molecule has 2 heterocycles. The molecule has 6 heteroatoms. The Labute approximate surface area is 176 Å². The van der Waals surface area contributed by atoms with E-state index in [9.17, 15) is 9.18 Å². The predicted molar refractivity (Wildman–Crippen MR) is 115 cm³/mol. The fraction of sp³-hybridized carbons (Fsp3) is 0.375. The fourth-order valence-corrected chi connectivity index (χ4v) is 3.91. The zero-order valence-corrected chi connectivity index (χ0v) is 17.7. The molecule has 1 atom stereocenters. The summed E-state index contributed by atoms with van der Waals surface area (Å²) in [5, 5.41) is 0.630. The normalized spacial score (nSPS) is 16.2. The highest BCUT2D eigenvalue weighted by Gasteiger charge is 2.27. The molecule has 0 N–H and O–H groups in total. The summed E-state index contributed by atoms with van der Waals surface area (Å²) in [6, 6.07) is 12.5. The Kier molecular flexibility index (Phi) is 5.77. The number of rotatable bonds is 6. The lowest BCUT2D eigenvalue weighted by molar-refractivity contribution is 0.0485. The number of halogens is 1. The first kappa shape index (κ1) is 20.4. The van der Waals surface area contributed by atoms with Gasteiger partial charge in [0.25, 0.3) is 5.91 Å². The van der Waals surface area contributed by atoms with Crippen molar-refractivity contribution in [2.75, 3.05) is 32.1 Å². The van der Waals surface area contributed by atoms with E-state index in [-0.39, 0.29) is 23.6 Å². The van der Waals surface area contributed by atoms with E-state index >= 15 is 0 Å². The van der Waals surface area contributed by atoms with E-state index in [0.717, 1.165) is 30.7 Å². The Hall–Kier alpha value is -2.86. The molecule has 0 aliphatic carbocycles. The van der Waals surface area contributed by atoms with E-state index in [1.54, 1.807) is 17.9 Å². The number of furan rings is 1. The monoisotopic (exact) mass is 410 g/mol. The van der Waals surface area contributed by atoms with Crippen molar-refractivity contribution in [2.45, 2.75) is 32.4 Å². The van der Waals surface area contributed by atoms with Crippen molar-refractivity contribution in [3.8, 4) is 0 Å². The van der Waals surface area contributed by atoms with E-state index in [1.807, 2.05) is 43.3 Å². The van der Waals surface area contributed by atoms with Crippen LogP contribution in [0.2, 0.25) is 0 Å². The molecule has 4 rings (SSSR count). The third-order valence-corrected chi connectivity index (χ3v) is 5.65. The maximum absolute atomic E-state index is 13.7. The van der Waals surface area contributed by atoms with Crippen molar-refractivity contribution in [2.24, 2.45) is 0 Å². The molecule has 1 aliphatic heterocycles. The number of amides is 1. The average molecular weight is 410 g/mol. The summed E-state index contributed by atoms with van der Waals surface area (Å²) in [6.45, 7) is 3.48. The predicted octanol–water partition coefficient (Wildman–Crippen LogP) is 4.77. The fourth-order valence-electron chi connectivity index (χ4n) is 3.91. The number of benzene rings is 2. The lowest BCUT2D eigenvalue weighted by Crippen LogP contribution is -2.37. The smallest absolute Gasteiger partial charge is 0.290 e. The Bertz CT molecular complexity index is 1040. The van der Waals surface area contributed by atoms with Crippen LogP contribution in [0.3, 0.4) is 0 Å². The van der Waals surface area contributed by atoms with Gasteiger partial charge in [0.15, 0.2) is 5.76 Å². The highest BCUT2D eigenvalue weighted by Crippen LogP contribution is 2.28. The first-order chi connectivity index (χ1) is 14.4. The lowest BCUT2D eigenvalue weighted by Gasteiger charge is -2.25. The van der Waals surface area contributed by atoms with Crippen LogP contribution in [0.25, 0.3) is 11.0 Å². The second-order valence-corrected chi connectivity index (χ2v) is 8.08. The summed E-state index contributed by atoms with van der Waals surface area (Å²) in [4.78, 5) is 17.3. The van der Waals surface area contributed by atoms with Crippen molar-refractivity contribution in [1.29, 1.82) is 0 Å². The molecule has 2 aromatic carbocycles. The number of carbonyl (C=O) groups is 1. The molecule has 1 aliphatic rings. The Morgan fingerprint density at radius 2 is 1.93 bits per heavy atom. The first-order valence-electron chi connectivity index (χ1n) is 10.3. The van der Waals surface area contributed by atoms with Gasteiger partial charge < -0.3 is 19.0 Å². The second-order valence-electron chi connectivity index (χ2n) is 8.08. The van der Waals surface area contributed by atoms with Crippen LogP contribution in [0.15, 0.2) is 46.9 Å². The molecule has 1 amide bonds. The number of nitrogens with zero attached hydrogens (tertiary/aromatic N) is 2. The van der Waals surface area contributed by atoms with Gasteiger partial charge >= 0.3 is 0 Å². The molecule has 0 unspecified atom stereocenters. The minimum atomic E-state index is -0.345. The van der Waals surface area contributed by atoms with E-state index in [2.05, 4.69) is 0 Å². The molecule has 3 aromatic rings. The topological polar surface area (TPSA) is 45.9 Å². The van der Waals surface area contributed by atoms with Crippen LogP contribution in [0.4, 0.5) is 10.1 Å². The van der Waals surface area contributed by atoms with Gasteiger partial charge in [-0.1, -0.05) is 12.1 Å². The highest BCUT2D eigenvalue weighted by molar-refractivity contribution is 5.99. The van der Waals surface area contributed by atoms with Gasteiger partial charge in [0.2, 0.25) is 0 Å². The minimum absolute atomic E-state index is 0.0251. The number of aryl methyl sites for hydroxylation is 1. The van der Waals surface area contributed by atoms with Crippen molar-refractivity contribution in [3.63, 3.8) is 0 Å². The maximum Gasteiger partial charge on any atom is 0.290 e. The van der Waals surface area contributed by atoms with Gasteiger partial charge in [0.05, 0.1) is 6.10 Å². The van der Waals surface area contributed by atoms with Gasteiger partial charge in [-0.3, -0.25) is 4.79 Å². The van der Waals surface area contributed by atoms with Crippen LogP contribution in [-0.2, 0) is 11.3 Å². The molecule has 30 heavy (non-hydrogen) atoms. The molecule has 158 valence electrons. The van der Waals surface area contributed by atoms with E-state index in [0.29, 0.717) is 29.6 Å². The van der Waals surface area contributed by atoms with Gasteiger partial charge in [0.1, 0.15) is 11.4 Å². The van der Waals surface area contributed by atoms with Crippen LogP contribution in [-0.4, -0.2) is 44.2 Å². The number of ether oxygens (including phenoxy) is 1. The molecule has 1 fully saturated rings. The van der Waals surface area contributed by atoms with E-state index < -0.39 is 0 Å². The van der Waals surface area contributed by atoms with Crippen molar-refractivity contribution >= 4 is 22.6 Å². The SMILES string of the molecule is Cc1c(C(=O)N(Cc2ccc(N(C)C)cc2)C[C@H]2CCCO2)oc2ccc(F)cc12. The van der Waals surface area contributed by atoms with Crippen molar-refractivity contribution < 1.29 is 18.3 Å². The molecule has 1 saturated heterocycles. The first-order valence-corrected chi connectivity index (χ1v) is 10.3. The number of anilines is 1. The van der Waals surface area contributed by atoms with Crippen molar-refractivity contribution in [1.82, 2.24) is 4.90 Å². The average Bonchev–Trinajstić information content (AvgIpc) is 3.35. The quantitative estimate of drug-likeness (QED) is 0.587. The number of fused-ring (bicyclic) bond motifs is 1. The Morgan fingerprint density at radius 3 is 2.60 bits per heavy atom. The number of hydrogen-bond acceptors (Lipinski definition) is 4. The molecule has 0 bridgehead atoms. The third-order valence-electron chi connectivity index (χ3n) is 5.65. The molecular formula is C24H27FN2O3. The van der Waals surface area contributed by atoms with Crippen molar-refractivity contribution in [3.05, 3.63) is 65.2 Å².